The van der Waals surface area contributed by atoms with Gasteiger partial charge < -0.3 is 19.5 Å². The van der Waals surface area contributed by atoms with Gasteiger partial charge in [-0.25, -0.2) is 0 Å². The van der Waals surface area contributed by atoms with Crippen LogP contribution >= 0.6 is 0 Å². The first kappa shape index (κ1) is 28.0. The van der Waals surface area contributed by atoms with E-state index in [4.69, 9.17) is 14.2 Å². The van der Waals surface area contributed by atoms with Gasteiger partial charge in [-0.1, -0.05) is 56.3 Å². The van der Waals surface area contributed by atoms with E-state index in [1.165, 1.54) is 21.1 Å². The number of amides is 1. The number of allylic oxidation sites excluding steroid dienone is 1. The molecule has 1 heterocycles. The van der Waals surface area contributed by atoms with Crippen molar-refractivity contribution in [1.29, 1.82) is 0 Å². The highest BCUT2D eigenvalue weighted by molar-refractivity contribution is 6.06. The van der Waals surface area contributed by atoms with E-state index in [-0.39, 0.29) is 40.8 Å². The zero-order chi connectivity index (χ0) is 29.3. The summed E-state index contributed by atoms with van der Waals surface area (Å²) in [5.41, 5.74) is 3.88. The molecule has 212 valence electrons. The number of esters is 1. The number of nitrogens with one attached hydrogen (secondary N) is 1. The Balaban J connectivity index is 1.78. The number of rotatable bonds is 6. The first-order valence-electron chi connectivity index (χ1n) is 13.5. The molecule has 0 bridgehead atoms. The van der Waals surface area contributed by atoms with Crippen molar-refractivity contribution in [2.24, 2.45) is 5.41 Å². The van der Waals surface area contributed by atoms with Crippen LogP contribution in [0.25, 0.3) is 0 Å². The Labute approximate surface area is 239 Å². The van der Waals surface area contributed by atoms with Crippen LogP contribution in [0.15, 0.2) is 78.0 Å². The highest BCUT2D eigenvalue weighted by atomic mass is 16.6. The molecule has 8 nitrogen and oxygen atoms in total. The summed E-state index contributed by atoms with van der Waals surface area (Å²) in [4.78, 5) is 41.9. The number of methoxy groups -OCH3 is 2. The first-order chi connectivity index (χ1) is 19.6. The smallest absolute Gasteiger partial charge is 0.308 e. The lowest BCUT2D eigenvalue weighted by Gasteiger charge is -2.37. The number of benzene rings is 3. The van der Waals surface area contributed by atoms with Gasteiger partial charge in [-0.2, -0.15) is 0 Å². The Morgan fingerprint density at radius 2 is 1.59 bits per heavy atom. The summed E-state index contributed by atoms with van der Waals surface area (Å²) < 4.78 is 16.7. The largest absolute Gasteiger partial charge is 0.493 e. The van der Waals surface area contributed by atoms with Crippen LogP contribution in [0.5, 0.6) is 17.2 Å². The molecule has 1 N–H and O–H groups in total. The molecule has 0 aromatic heterocycles. The van der Waals surface area contributed by atoms with Crippen LogP contribution in [-0.4, -0.2) is 31.9 Å². The summed E-state index contributed by atoms with van der Waals surface area (Å²) >= 11 is 0. The predicted molar refractivity (Wildman–Crippen MR) is 156 cm³/mol. The summed E-state index contributed by atoms with van der Waals surface area (Å²) in [5, 5.41) is 3.52. The number of ketones is 1. The van der Waals surface area contributed by atoms with Crippen molar-refractivity contribution in [2.45, 2.75) is 46.1 Å². The molecule has 2 aliphatic rings. The molecule has 3 aromatic carbocycles. The molecule has 0 saturated carbocycles. The molecule has 1 aliphatic heterocycles. The number of hydrogen-bond acceptors (Lipinski definition) is 7. The van der Waals surface area contributed by atoms with E-state index in [0.29, 0.717) is 29.7 Å². The molecule has 0 fully saturated rings. The summed E-state index contributed by atoms with van der Waals surface area (Å²) in [6, 6.07) is 19.7. The molecule has 41 heavy (non-hydrogen) atoms. The summed E-state index contributed by atoms with van der Waals surface area (Å²) in [5.74, 6) is -0.116. The third-order valence-electron chi connectivity index (χ3n) is 7.41. The van der Waals surface area contributed by atoms with E-state index in [2.05, 4.69) is 19.2 Å². The van der Waals surface area contributed by atoms with Gasteiger partial charge in [-0.05, 0) is 47.2 Å². The summed E-state index contributed by atoms with van der Waals surface area (Å²) in [6.07, 6.45) is 1.09. The molecule has 1 amide bonds. The van der Waals surface area contributed by atoms with Crippen molar-refractivity contribution >= 4 is 29.0 Å². The second-order valence-electron chi connectivity index (χ2n) is 11.2. The van der Waals surface area contributed by atoms with E-state index in [0.717, 1.165) is 16.9 Å². The maximum absolute atomic E-state index is 14.3. The molecule has 8 heteroatoms. The van der Waals surface area contributed by atoms with E-state index >= 15 is 0 Å². The number of nitrogens with zero attached hydrogens (tertiary/aromatic N) is 1. The van der Waals surface area contributed by atoms with E-state index in [9.17, 15) is 14.4 Å². The van der Waals surface area contributed by atoms with Gasteiger partial charge in [0, 0.05) is 24.6 Å². The molecule has 1 unspecified atom stereocenters. The monoisotopic (exact) mass is 554 g/mol. The Hall–Kier alpha value is -4.59. The summed E-state index contributed by atoms with van der Waals surface area (Å²) in [6.45, 7) is 5.44. The van der Waals surface area contributed by atoms with Crippen molar-refractivity contribution in [2.75, 3.05) is 24.4 Å². The van der Waals surface area contributed by atoms with Crippen molar-refractivity contribution in [3.05, 3.63) is 89.1 Å². The van der Waals surface area contributed by atoms with Crippen LogP contribution in [0.3, 0.4) is 0 Å². The van der Waals surface area contributed by atoms with Crippen molar-refractivity contribution in [3.63, 3.8) is 0 Å². The van der Waals surface area contributed by atoms with Gasteiger partial charge in [0.2, 0.25) is 11.7 Å². The maximum Gasteiger partial charge on any atom is 0.308 e. The van der Waals surface area contributed by atoms with E-state index in [1.807, 2.05) is 54.6 Å². The minimum Gasteiger partial charge on any atom is -0.493 e. The zero-order valence-electron chi connectivity index (χ0n) is 23.9. The number of Topliss-reactive ketones (excluding diaryl/α,β-unsaturated/α-hetero) is 1. The Morgan fingerprint density at radius 1 is 0.951 bits per heavy atom. The van der Waals surface area contributed by atoms with Crippen molar-refractivity contribution in [1.82, 2.24) is 0 Å². The highest BCUT2D eigenvalue weighted by Gasteiger charge is 2.43. The Kier molecular flexibility index (Phi) is 7.58. The van der Waals surface area contributed by atoms with Crippen molar-refractivity contribution in [3.8, 4) is 17.2 Å². The van der Waals surface area contributed by atoms with E-state index < -0.39 is 12.0 Å². The van der Waals surface area contributed by atoms with Gasteiger partial charge in [-0.15, -0.1) is 0 Å². The molecule has 0 spiro atoms. The Morgan fingerprint density at radius 3 is 2.22 bits per heavy atom. The van der Waals surface area contributed by atoms with Crippen LogP contribution in [-0.2, 0) is 20.8 Å². The van der Waals surface area contributed by atoms with Gasteiger partial charge >= 0.3 is 5.97 Å². The highest BCUT2D eigenvalue weighted by Crippen LogP contribution is 2.50. The van der Waals surface area contributed by atoms with Gasteiger partial charge in [0.25, 0.3) is 0 Å². The minimum absolute atomic E-state index is 0.0407. The van der Waals surface area contributed by atoms with Crippen LogP contribution in [0, 0.1) is 5.41 Å². The lowest BCUT2D eigenvalue weighted by Crippen LogP contribution is -2.40. The third kappa shape index (κ3) is 5.55. The fraction of sp³-hybridized carbons (Fsp3) is 0.303. The van der Waals surface area contributed by atoms with Gasteiger partial charge in [0.15, 0.2) is 17.3 Å². The van der Waals surface area contributed by atoms with Gasteiger partial charge in [-0.3, -0.25) is 19.3 Å². The fourth-order valence-electron chi connectivity index (χ4n) is 5.74. The standard InChI is InChI=1S/C33H34N2O6/c1-20(36)41-32-27(39-4)16-22(17-28(32)40-5)31-30-24(18-33(2,3)19-26(30)37)34-23-13-9-10-14-25(23)35(31)29(38)15-21-11-7-6-8-12-21/h6-14,16-17,31,34H,15,18-19H2,1-5H3. The molecular weight excluding hydrogens is 520 g/mol. The lowest BCUT2D eigenvalue weighted by atomic mass is 9.73. The molecule has 1 atom stereocenters. The Bertz CT molecular complexity index is 1520. The number of hydrogen-bond donors (Lipinski definition) is 1. The van der Waals surface area contributed by atoms with Crippen molar-refractivity contribution < 1.29 is 28.6 Å². The topological polar surface area (TPSA) is 94.2 Å². The minimum atomic E-state index is -0.796. The lowest BCUT2D eigenvalue weighted by molar-refractivity contribution is -0.132. The fourth-order valence-corrected chi connectivity index (χ4v) is 5.74. The molecule has 5 rings (SSSR count). The number of anilines is 2. The van der Waals surface area contributed by atoms with E-state index in [1.54, 1.807) is 17.0 Å². The second-order valence-corrected chi connectivity index (χ2v) is 11.2. The predicted octanol–water partition coefficient (Wildman–Crippen LogP) is 6.01. The van der Waals surface area contributed by atoms with Crippen LogP contribution in [0.2, 0.25) is 0 Å². The summed E-state index contributed by atoms with van der Waals surface area (Å²) in [7, 11) is 2.93. The van der Waals surface area contributed by atoms with Gasteiger partial charge in [0.05, 0.1) is 38.1 Å². The molecule has 0 saturated heterocycles. The first-order valence-corrected chi connectivity index (χ1v) is 13.5. The average Bonchev–Trinajstić information content (AvgIpc) is 3.07. The molecule has 1 aliphatic carbocycles. The zero-order valence-corrected chi connectivity index (χ0v) is 23.9. The maximum atomic E-state index is 14.3. The quantitative estimate of drug-likeness (QED) is 0.294. The number of ether oxygens (including phenoxy) is 3. The van der Waals surface area contributed by atoms with Crippen LogP contribution in [0.4, 0.5) is 11.4 Å². The number of para-hydroxylation sites is 2. The SMILES string of the molecule is COc1cc(C2C3=C(CC(C)(C)CC3=O)Nc3ccccc3N2C(=O)Cc2ccccc2)cc(OC)c1OC(C)=O. The number of fused-ring (bicyclic) bond motifs is 1. The molecule has 3 aromatic rings. The molecule has 0 radical (unpaired) electrons. The molecular formula is C33H34N2O6. The number of carbonyl (C=O) groups is 3. The van der Waals surface area contributed by atoms with Crippen LogP contribution < -0.4 is 24.4 Å². The van der Waals surface area contributed by atoms with Crippen LogP contribution in [0.1, 0.15) is 50.8 Å². The number of carbonyl (C=O) groups excluding carboxylic acids is 3. The second kappa shape index (κ2) is 11.1. The average molecular weight is 555 g/mol. The third-order valence-corrected chi connectivity index (χ3v) is 7.41. The van der Waals surface area contributed by atoms with Gasteiger partial charge in [0.1, 0.15) is 0 Å². The normalized spacial score (nSPS) is 17.5.